The number of carbonyl (C=O) groups excluding carboxylic acids is 1. The lowest BCUT2D eigenvalue weighted by Gasteiger charge is -2.07. The number of oxazole rings is 1. The molecule has 24 heavy (non-hydrogen) atoms. The van der Waals surface area contributed by atoms with Gasteiger partial charge < -0.3 is 20.2 Å². The SMILES string of the molecule is CC(=O)Oc1cc(F)c2nc(Nc3cc(F)ccc3CN)oc2c1. The molecule has 0 radical (unpaired) electrons. The molecule has 0 aliphatic carbocycles. The van der Waals surface area contributed by atoms with E-state index < -0.39 is 17.6 Å². The van der Waals surface area contributed by atoms with Crippen LogP contribution in [0.1, 0.15) is 12.5 Å². The Labute approximate surface area is 135 Å². The summed E-state index contributed by atoms with van der Waals surface area (Å²) in [6.07, 6.45) is 0. The first kappa shape index (κ1) is 15.9. The molecule has 0 spiro atoms. The summed E-state index contributed by atoms with van der Waals surface area (Å²) in [5, 5.41) is 2.77. The van der Waals surface area contributed by atoms with E-state index in [1.807, 2.05) is 0 Å². The number of carbonyl (C=O) groups is 1. The Bertz CT molecular complexity index is 924. The second kappa shape index (κ2) is 6.25. The van der Waals surface area contributed by atoms with E-state index >= 15 is 0 Å². The Kier molecular flexibility index (Phi) is 4.13. The average Bonchev–Trinajstić information content (AvgIpc) is 2.90. The van der Waals surface area contributed by atoms with Crippen LogP contribution < -0.4 is 15.8 Å². The number of ether oxygens (including phenoxy) is 1. The smallest absolute Gasteiger partial charge is 0.308 e. The van der Waals surface area contributed by atoms with Gasteiger partial charge in [0.05, 0.1) is 0 Å². The lowest BCUT2D eigenvalue weighted by Crippen LogP contribution is -2.02. The number of nitrogens with zero attached hydrogens (tertiary/aromatic N) is 1. The third kappa shape index (κ3) is 3.18. The summed E-state index contributed by atoms with van der Waals surface area (Å²) in [5.41, 5.74) is 6.64. The molecule has 0 unspecified atom stereocenters. The molecule has 3 rings (SSSR count). The molecule has 0 fully saturated rings. The monoisotopic (exact) mass is 333 g/mol. The molecule has 3 aromatic rings. The van der Waals surface area contributed by atoms with Crippen molar-refractivity contribution >= 4 is 28.8 Å². The normalized spacial score (nSPS) is 10.8. The Hall–Kier alpha value is -3.00. The molecule has 0 aliphatic rings. The van der Waals surface area contributed by atoms with Gasteiger partial charge in [-0.2, -0.15) is 4.98 Å². The van der Waals surface area contributed by atoms with Gasteiger partial charge in [0.15, 0.2) is 11.4 Å². The second-order valence-corrected chi connectivity index (χ2v) is 5.00. The fourth-order valence-corrected chi connectivity index (χ4v) is 2.20. The predicted octanol–water partition coefficient (Wildman–Crippen LogP) is 3.23. The van der Waals surface area contributed by atoms with E-state index in [9.17, 15) is 13.6 Å². The molecule has 0 bridgehead atoms. The van der Waals surface area contributed by atoms with Crippen LogP contribution >= 0.6 is 0 Å². The summed E-state index contributed by atoms with van der Waals surface area (Å²) in [6.45, 7) is 1.38. The molecular formula is C16H13F2N3O3. The summed E-state index contributed by atoms with van der Waals surface area (Å²) in [5.74, 6) is -1.75. The van der Waals surface area contributed by atoms with Gasteiger partial charge in [-0.3, -0.25) is 4.79 Å². The molecule has 6 nitrogen and oxygen atoms in total. The quantitative estimate of drug-likeness (QED) is 0.563. The molecule has 1 heterocycles. The van der Waals surface area contributed by atoms with Crippen LogP contribution in [-0.4, -0.2) is 11.0 Å². The lowest BCUT2D eigenvalue weighted by molar-refractivity contribution is -0.131. The first-order valence-corrected chi connectivity index (χ1v) is 7.00. The molecule has 0 amide bonds. The molecule has 3 N–H and O–H groups in total. The van der Waals surface area contributed by atoms with Gasteiger partial charge in [0.1, 0.15) is 17.1 Å². The second-order valence-electron chi connectivity index (χ2n) is 5.00. The maximum absolute atomic E-state index is 14.0. The van der Waals surface area contributed by atoms with Crippen molar-refractivity contribution in [3.05, 3.63) is 47.5 Å². The molecule has 124 valence electrons. The minimum atomic E-state index is -0.709. The van der Waals surface area contributed by atoms with Crippen molar-refractivity contribution in [2.75, 3.05) is 5.32 Å². The maximum atomic E-state index is 14.0. The number of rotatable bonds is 4. The van der Waals surface area contributed by atoms with Crippen molar-refractivity contribution in [2.24, 2.45) is 5.73 Å². The van der Waals surface area contributed by atoms with Crippen LogP contribution in [0.2, 0.25) is 0 Å². The Morgan fingerprint density at radius 3 is 2.83 bits per heavy atom. The molecule has 0 saturated carbocycles. The maximum Gasteiger partial charge on any atom is 0.308 e. The van der Waals surface area contributed by atoms with Crippen LogP contribution in [0.5, 0.6) is 5.75 Å². The molecule has 0 saturated heterocycles. The number of hydrogen-bond acceptors (Lipinski definition) is 6. The molecule has 1 aromatic heterocycles. The first-order chi connectivity index (χ1) is 11.5. The average molecular weight is 333 g/mol. The highest BCUT2D eigenvalue weighted by Gasteiger charge is 2.15. The topological polar surface area (TPSA) is 90.4 Å². The Balaban J connectivity index is 1.98. The highest BCUT2D eigenvalue weighted by atomic mass is 19.1. The van der Waals surface area contributed by atoms with E-state index in [2.05, 4.69) is 10.3 Å². The highest BCUT2D eigenvalue weighted by Crippen LogP contribution is 2.29. The number of anilines is 2. The number of nitrogens with one attached hydrogen (secondary N) is 1. The van der Waals surface area contributed by atoms with Gasteiger partial charge in [-0.25, -0.2) is 8.78 Å². The zero-order valence-electron chi connectivity index (χ0n) is 12.6. The fourth-order valence-electron chi connectivity index (χ4n) is 2.20. The number of nitrogens with two attached hydrogens (primary N) is 1. The van der Waals surface area contributed by atoms with Gasteiger partial charge in [-0.1, -0.05) is 6.07 Å². The van der Waals surface area contributed by atoms with E-state index in [-0.39, 0.29) is 29.4 Å². The van der Waals surface area contributed by atoms with E-state index in [0.29, 0.717) is 11.3 Å². The molecular weight excluding hydrogens is 320 g/mol. The van der Waals surface area contributed by atoms with Crippen molar-refractivity contribution in [3.63, 3.8) is 0 Å². The van der Waals surface area contributed by atoms with Gasteiger partial charge in [0.2, 0.25) is 0 Å². The van der Waals surface area contributed by atoms with Gasteiger partial charge in [0.25, 0.3) is 6.01 Å². The van der Waals surface area contributed by atoms with Gasteiger partial charge in [-0.05, 0) is 17.7 Å². The van der Waals surface area contributed by atoms with Crippen LogP contribution in [0.4, 0.5) is 20.5 Å². The van der Waals surface area contributed by atoms with E-state index in [0.717, 1.165) is 6.07 Å². The number of aromatic nitrogens is 1. The summed E-state index contributed by atoms with van der Waals surface area (Å²) in [7, 11) is 0. The standard InChI is InChI=1S/C16H13F2N3O3/c1-8(22)23-11-5-12(18)15-14(6-11)24-16(21-15)20-13-4-10(17)3-2-9(13)7-19/h2-6H,7,19H2,1H3,(H,20,21). The van der Waals surface area contributed by atoms with Gasteiger partial charge >= 0.3 is 5.97 Å². The minimum Gasteiger partial charge on any atom is -0.426 e. The van der Waals surface area contributed by atoms with Gasteiger partial charge in [0, 0.05) is 31.3 Å². The zero-order valence-corrected chi connectivity index (χ0v) is 12.6. The van der Waals surface area contributed by atoms with Crippen LogP contribution in [0, 0.1) is 11.6 Å². The first-order valence-electron chi connectivity index (χ1n) is 7.00. The van der Waals surface area contributed by atoms with E-state index in [1.165, 1.54) is 31.2 Å². The van der Waals surface area contributed by atoms with Gasteiger partial charge in [-0.15, -0.1) is 0 Å². The lowest BCUT2D eigenvalue weighted by atomic mass is 10.2. The van der Waals surface area contributed by atoms with Crippen LogP contribution in [0.25, 0.3) is 11.1 Å². The molecule has 2 aromatic carbocycles. The van der Waals surface area contributed by atoms with E-state index in [4.69, 9.17) is 14.9 Å². The zero-order chi connectivity index (χ0) is 17.3. The predicted molar refractivity (Wildman–Crippen MR) is 82.9 cm³/mol. The Morgan fingerprint density at radius 2 is 2.12 bits per heavy atom. The third-order valence-electron chi connectivity index (χ3n) is 3.22. The largest absolute Gasteiger partial charge is 0.426 e. The van der Waals surface area contributed by atoms with Crippen LogP contribution in [0.3, 0.4) is 0 Å². The van der Waals surface area contributed by atoms with E-state index in [1.54, 1.807) is 0 Å². The molecule has 0 atom stereocenters. The van der Waals surface area contributed by atoms with Crippen molar-refractivity contribution in [2.45, 2.75) is 13.5 Å². The number of esters is 1. The van der Waals surface area contributed by atoms with Crippen LogP contribution in [-0.2, 0) is 11.3 Å². The molecule has 0 aliphatic heterocycles. The molecule has 8 heteroatoms. The summed E-state index contributed by atoms with van der Waals surface area (Å²) in [4.78, 5) is 14.9. The van der Waals surface area contributed by atoms with Crippen molar-refractivity contribution in [3.8, 4) is 5.75 Å². The highest BCUT2D eigenvalue weighted by molar-refractivity contribution is 5.79. The van der Waals surface area contributed by atoms with Crippen molar-refractivity contribution in [1.29, 1.82) is 0 Å². The Morgan fingerprint density at radius 1 is 1.33 bits per heavy atom. The summed E-state index contributed by atoms with van der Waals surface area (Å²) in [6, 6.07) is 6.38. The number of halogens is 2. The van der Waals surface area contributed by atoms with Crippen LogP contribution in [0.15, 0.2) is 34.7 Å². The minimum absolute atomic E-state index is 0.00334. The van der Waals surface area contributed by atoms with Crippen molar-refractivity contribution in [1.82, 2.24) is 4.98 Å². The number of fused-ring (bicyclic) bond motifs is 1. The number of hydrogen-bond donors (Lipinski definition) is 2. The van der Waals surface area contributed by atoms with Crippen molar-refractivity contribution < 1.29 is 22.7 Å². The summed E-state index contributed by atoms with van der Waals surface area (Å²) >= 11 is 0. The third-order valence-corrected chi connectivity index (χ3v) is 3.22. The summed E-state index contributed by atoms with van der Waals surface area (Å²) < 4.78 is 37.7. The number of benzene rings is 2. The fraction of sp³-hybridized carbons (Fsp3) is 0.125.